The first-order valence-corrected chi connectivity index (χ1v) is 11.4. The number of aromatic nitrogens is 2. The van der Waals surface area contributed by atoms with E-state index < -0.39 is 0 Å². The van der Waals surface area contributed by atoms with Crippen molar-refractivity contribution in [3.63, 3.8) is 0 Å². The van der Waals surface area contributed by atoms with E-state index in [1.165, 1.54) is 15.9 Å². The van der Waals surface area contributed by atoms with Crippen LogP contribution in [0.25, 0.3) is 15.9 Å². The lowest BCUT2D eigenvalue weighted by Crippen LogP contribution is -2.39. The maximum absolute atomic E-state index is 13.7. The zero-order chi connectivity index (χ0) is 22.4. The van der Waals surface area contributed by atoms with Crippen molar-refractivity contribution in [3.8, 4) is 5.69 Å². The number of benzene rings is 2. The van der Waals surface area contributed by atoms with Crippen molar-refractivity contribution >= 4 is 27.5 Å². The summed E-state index contributed by atoms with van der Waals surface area (Å²) in [6.07, 6.45) is 0.613. The summed E-state index contributed by atoms with van der Waals surface area (Å²) in [5.41, 5.74) is 3.02. The highest BCUT2D eigenvalue weighted by molar-refractivity contribution is 7.18. The lowest BCUT2D eigenvalue weighted by molar-refractivity contribution is -0.129. The van der Waals surface area contributed by atoms with Crippen LogP contribution >= 0.6 is 11.3 Å². The molecule has 0 atom stereocenters. The van der Waals surface area contributed by atoms with Gasteiger partial charge in [-0.05, 0) is 42.2 Å². The molecular formula is C25H23N3O3S. The molecule has 0 saturated heterocycles. The molecule has 2 aromatic carbocycles. The number of rotatable bonds is 3. The van der Waals surface area contributed by atoms with E-state index in [0.29, 0.717) is 42.0 Å². The van der Waals surface area contributed by atoms with Crippen molar-refractivity contribution in [3.05, 3.63) is 97.0 Å². The van der Waals surface area contributed by atoms with Gasteiger partial charge in [0.05, 0.1) is 24.2 Å². The van der Waals surface area contributed by atoms with Gasteiger partial charge in [-0.15, -0.1) is 11.3 Å². The van der Waals surface area contributed by atoms with Crippen LogP contribution in [-0.4, -0.2) is 26.5 Å². The van der Waals surface area contributed by atoms with Gasteiger partial charge in [0.15, 0.2) is 0 Å². The molecule has 32 heavy (non-hydrogen) atoms. The molecule has 162 valence electrons. The van der Waals surface area contributed by atoms with Gasteiger partial charge >= 0.3 is 5.69 Å². The van der Waals surface area contributed by atoms with Crippen LogP contribution in [0.5, 0.6) is 0 Å². The average molecular weight is 446 g/mol. The monoisotopic (exact) mass is 445 g/mol. The van der Waals surface area contributed by atoms with Gasteiger partial charge in [0.25, 0.3) is 5.56 Å². The first-order valence-electron chi connectivity index (χ1n) is 10.6. The zero-order valence-corrected chi connectivity index (χ0v) is 18.8. The fraction of sp³-hybridized carbons (Fsp3) is 0.240. The molecule has 4 aromatic rings. The number of para-hydroxylation sites is 1. The largest absolute Gasteiger partial charge is 0.337 e. The van der Waals surface area contributed by atoms with Gasteiger partial charge in [-0.3, -0.25) is 14.2 Å². The molecule has 5 rings (SSSR count). The molecule has 3 heterocycles. The van der Waals surface area contributed by atoms with E-state index in [2.05, 4.69) is 0 Å². The minimum absolute atomic E-state index is 0.0205. The number of carbonyl (C=O) groups is 1. The zero-order valence-electron chi connectivity index (χ0n) is 18.0. The minimum Gasteiger partial charge on any atom is -0.337 e. The highest BCUT2D eigenvalue weighted by Gasteiger charge is 2.27. The maximum atomic E-state index is 13.7. The molecule has 0 spiro atoms. The summed E-state index contributed by atoms with van der Waals surface area (Å²) >= 11 is 1.46. The first-order chi connectivity index (χ1) is 15.5. The summed E-state index contributed by atoms with van der Waals surface area (Å²) in [5, 5.41) is 0.602. The Hall–Kier alpha value is -3.45. The second-order valence-electron chi connectivity index (χ2n) is 8.15. The van der Waals surface area contributed by atoms with Crippen LogP contribution in [-0.2, 0) is 24.3 Å². The number of aryl methyl sites for hydroxylation is 1. The predicted molar refractivity (Wildman–Crippen MR) is 127 cm³/mol. The Morgan fingerprint density at radius 1 is 1.03 bits per heavy atom. The van der Waals surface area contributed by atoms with Crippen molar-refractivity contribution in [2.24, 2.45) is 0 Å². The molecule has 1 aliphatic rings. The molecule has 0 aliphatic carbocycles. The van der Waals surface area contributed by atoms with Gasteiger partial charge in [-0.1, -0.05) is 42.5 Å². The van der Waals surface area contributed by atoms with Crippen LogP contribution in [0, 0.1) is 6.92 Å². The van der Waals surface area contributed by atoms with E-state index in [0.717, 1.165) is 21.6 Å². The summed E-state index contributed by atoms with van der Waals surface area (Å²) in [6, 6.07) is 17.0. The lowest BCUT2D eigenvalue weighted by Gasteiger charge is -2.25. The van der Waals surface area contributed by atoms with Gasteiger partial charge in [0.2, 0.25) is 5.91 Å². The molecule has 0 radical (unpaired) electrons. The molecule has 0 unspecified atom stereocenters. The van der Waals surface area contributed by atoms with Crippen molar-refractivity contribution in [2.75, 3.05) is 6.54 Å². The highest BCUT2D eigenvalue weighted by atomic mass is 32.1. The summed E-state index contributed by atoms with van der Waals surface area (Å²) in [6.45, 7) is 5.03. The third-order valence-electron chi connectivity index (χ3n) is 6.17. The van der Waals surface area contributed by atoms with Crippen molar-refractivity contribution in [1.82, 2.24) is 14.0 Å². The van der Waals surface area contributed by atoms with E-state index in [1.807, 2.05) is 49.4 Å². The van der Waals surface area contributed by atoms with Gasteiger partial charge in [-0.2, -0.15) is 0 Å². The molecule has 0 bridgehead atoms. The second-order valence-corrected chi connectivity index (χ2v) is 9.23. The fourth-order valence-electron chi connectivity index (χ4n) is 4.38. The Kier molecular flexibility index (Phi) is 5.06. The van der Waals surface area contributed by atoms with E-state index in [1.54, 1.807) is 28.5 Å². The fourth-order valence-corrected chi connectivity index (χ4v) is 5.72. The molecule has 2 aromatic heterocycles. The molecule has 1 aliphatic heterocycles. The Bertz CT molecular complexity index is 1460. The van der Waals surface area contributed by atoms with Crippen LogP contribution in [0.4, 0.5) is 0 Å². The van der Waals surface area contributed by atoms with Crippen LogP contribution in [0.1, 0.15) is 28.5 Å². The second kappa shape index (κ2) is 7.91. The maximum Gasteiger partial charge on any atom is 0.337 e. The number of hydrogen-bond donors (Lipinski definition) is 0. The number of amides is 1. The van der Waals surface area contributed by atoms with Gasteiger partial charge in [0, 0.05) is 18.3 Å². The third-order valence-corrected chi connectivity index (χ3v) is 7.41. The van der Waals surface area contributed by atoms with Gasteiger partial charge in [-0.25, -0.2) is 9.36 Å². The van der Waals surface area contributed by atoms with Crippen molar-refractivity contribution in [2.45, 2.75) is 33.4 Å². The van der Waals surface area contributed by atoms with Crippen LogP contribution < -0.4 is 11.2 Å². The minimum atomic E-state index is -0.348. The topological polar surface area (TPSA) is 64.3 Å². The Labute approximate surface area is 189 Å². The van der Waals surface area contributed by atoms with Crippen LogP contribution in [0.15, 0.2) is 64.2 Å². The van der Waals surface area contributed by atoms with Crippen molar-refractivity contribution < 1.29 is 4.79 Å². The number of fused-ring (bicyclic) bond motifs is 3. The number of nitrogens with zero attached hydrogens (tertiary/aromatic N) is 3. The summed E-state index contributed by atoms with van der Waals surface area (Å²) < 4.78 is 3.00. The summed E-state index contributed by atoms with van der Waals surface area (Å²) in [7, 11) is 0. The molecule has 1 amide bonds. The Balaban J connectivity index is 1.81. The van der Waals surface area contributed by atoms with Gasteiger partial charge < -0.3 is 4.90 Å². The van der Waals surface area contributed by atoms with E-state index in [4.69, 9.17) is 0 Å². The SMILES string of the molecule is CC(=O)N1CCc2c(sc3c2c(=O)n(-c2ccccc2)c(=O)n3Cc2ccccc2C)C1. The van der Waals surface area contributed by atoms with Crippen LogP contribution in [0.3, 0.4) is 0 Å². The molecule has 7 heteroatoms. The van der Waals surface area contributed by atoms with E-state index in [-0.39, 0.29) is 17.2 Å². The predicted octanol–water partition coefficient (Wildman–Crippen LogP) is 3.48. The van der Waals surface area contributed by atoms with Gasteiger partial charge in [0.1, 0.15) is 4.83 Å². The highest BCUT2D eigenvalue weighted by Crippen LogP contribution is 2.33. The molecule has 6 nitrogen and oxygen atoms in total. The van der Waals surface area contributed by atoms with E-state index >= 15 is 0 Å². The molecular weight excluding hydrogens is 422 g/mol. The molecule has 0 fully saturated rings. The summed E-state index contributed by atoms with van der Waals surface area (Å²) in [5.74, 6) is 0.0205. The smallest absolute Gasteiger partial charge is 0.337 e. The number of thiophene rings is 1. The normalized spacial score (nSPS) is 13.4. The lowest BCUT2D eigenvalue weighted by atomic mass is 10.0. The van der Waals surface area contributed by atoms with E-state index in [9.17, 15) is 14.4 Å². The average Bonchev–Trinajstić information content (AvgIpc) is 3.17. The molecule has 0 saturated carbocycles. The number of hydrogen-bond acceptors (Lipinski definition) is 4. The molecule has 0 N–H and O–H groups in total. The number of carbonyl (C=O) groups excluding carboxylic acids is 1. The first kappa shape index (κ1) is 20.5. The standard InChI is InChI=1S/C25H23N3O3S/c1-16-8-6-7-9-18(16)14-27-24-22(20-12-13-26(17(2)29)15-21(20)32-24)23(30)28(25(27)31)19-10-4-3-5-11-19/h3-11H,12-15H2,1-2H3. The Morgan fingerprint density at radius 3 is 2.47 bits per heavy atom. The van der Waals surface area contributed by atoms with Crippen LogP contribution in [0.2, 0.25) is 0 Å². The third kappa shape index (κ3) is 3.29. The quantitative estimate of drug-likeness (QED) is 0.485. The van der Waals surface area contributed by atoms with Crippen molar-refractivity contribution in [1.29, 1.82) is 0 Å². The summed E-state index contributed by atoms with van der Waals surface area (Å²) in [4.78, 5) is 42.7. The Morgan fingerprint density at radius 2 is 1.75 bits per heavy atom.